The predicted molar refractivity (Wildman–Crippen MR) is 81.6 cm³/mol. The van der Waals surface area contributed by atoms with E-state index in [4.69, 9.17) is 16.3 Å². The zero-order chi connectivity index (χ0) is 14.5. The fourth-order valence-electron chi connectivity index (χ4n) is 1.85. The Kier molecular flexibility index (Phi) is 4.80. The number of rotatable bonds is 4. The zero-order valence-corrected chi connectivity index (χ0v) is 12.4. The highest BCUT2D eigenvalue weighted by Crippen LogP contribution is 2.22. The van der Waals surface area contributed by atoms with Crippen LogP contribution in [0.2, 0.25) is 5.02 Å². The van der Waals surface area contributed by atoms with Crippen molar-refractivity contribution < 1.29 is 9.53 Å². The second kappa shape index (κ2) is 6.58. The van der Waals surface area contributed by atoms with Gasteiger partial charge in [-0.25, -0.2) is 4.79 Å². The van der Waals surface area contributed by atoms with Crippen LogP contribution in [0.3, 0.4) is 0 Å². The van der Waals surface area contributed by atoms with Gasteiger partial charge < -0.3 is 4.74 Å². The molecule has 0 saturated heterocycles. The molecule has 0 fully saturated rings. The predicted octanol–water partition coefficient (Wildman–Crippen LogP) is 5.07. The van der Waals surface area contributed by atoms with E-state index in [2.05, 4.69) is 13.8 Å². The normalized spacial score (nSPS) is 11.9. The van der Waals surface area contributed by atoms with Crippen LogP contribution in [-0.2, 0) is 0 Å². The van der Waals surface area contributed by atoms with Crippen LogP contribution in [0.4, 0.5) is 0 Å². The first-order valence-electron chi connectivity index (χ1n) is 6.68. The van der Waals surface area contributed by atoms with Crippen LogP contribution in [0.15, 0.2) is 48.5 Å². The molecule has 0 amide bonds. The monoisotopic (exact) mass is 288 g/mol. The number of benzene rings is 2. The van der Waals surface area contributed by atoms with Crippen LogP contribution >= 0.6 is 11.6 Å². The molecule has 0 aliphatic carbocycles. The van der Waals surface area contributed by atoms with Crippen molar-refractivity contribution in [3.05, 3.63) is 64.7 Å². The minimum Gasteiger partial charge on any atom is -0.423 e. The van der Waals surface area contributed by atoms with E-state index in [1.165, 1.54) is 5.56 Å². The van der Waals surface area contributed by atoms with Crippen molar-refractivity contribution in [3.8, 4) is 5.75 Å². The van der Waals surface area contributed by atoms with Gasteiger partial charge in [0, 0.05) is 5.02 Å². The fraction of sp³-hybridized carbons (Fsp3) is 0.235. The highest BCUT2D eigenvalue weighted by atomic mass is 35.5. The minimum atomic E-state index is -0.377. The van der Waals surface area contributed by atoms with E-state index < -0.39 is 0 Å². The molecular formula is C17H17ClO2. The second-order valence-corrected chi connectivity index (χ2v) is 5.21. The lowest BCUT2D eigenvalue weighted by molar-refractivity contribution is 0.0735. The maximum absolute atomic E-state index is 11.9. The summed E-state index contributed by atoms with van der Waals surface area (Å²) in [5.74, 6) is 0.686. The molecule has 0 bridgehead atoms. The summed E-state index contributed by atoms with van der Waals surface area (Å²) in [6.07, 6.45) is 1.09. The van der Waals surface area contributed by atoms with Crippen molar-refractivity contribution in [1.29, 1.82) is 0 Å². The molecule has 2 nitrogen and oxygen atoms in total. The van der Waals surface area contributed by atoms with Crippen LogP contribution in [-0.4, -0.2) is 5.97 Å². The van der Waals surface area contributed by atoms with E-state index in [9.17, 15) is 4.79 Å². The number of hydrogen-bond acceptors (Lipinski definition) is 2. The first-order valence-corrected chi connectivity index (χ1v) is 7.05. The molecule has 104 valence electrons. The highest BCUT2D eigenvalue weighted by molar-refractivity contribution is 6.30. The Bertz CT molecular complexity index is 573. The van der Waals surface area contributed by atoms with E-state index in [0.717, 1.165) is 6.42 Å². The molecule has 3 heteroatoms. The van der Waals surface area contributed by atoms with Gasteiger partial charge in [-0.05, 0) is 54.3 Å². The van der Waals surface area contributed by atoms with Crippen molar-refractivity contribution in [2.24, 2.45) is 0 Å². The molecular weight excluding hydrogens is 272 g/mol. The van der Waals surface area contributed by atoms with Crippen LogP contribution < -0.4 is 4.74 Å². The Morgan fingerprint density at radius 2 is 1.70 bits per heavy atom. The molecule has 2 aromatic rings. The fourth-order valence-corrected chi connectivity index (χ4v) is 1.98. The van der Waals surface area contributed by atoms with Crippen molar-refractivity contribution >= 4 is 17.6 Å². The van der Waals surface area contributed by atoms with Crippen molar-refractivity contribution in [3.63, 3.8) is 0 Å². The summed E-state index contributed by atoms with van der Waals surface area (Å²) in [6, 6.07) is 14.3. The lowest BCUT2D eigenvalue weighted by Gasteiger charge is -2.10. The van der Waals surface area contributed by atoms with Gasteiger partial charge in [-0.2, -0.15) is 0 Å². The van der Waals surface area contributed by atoms with Crippen LogP contribution in [0.25, 0.3) is 0 Å². The third-order valence-corrected chi connectivity index (χ3v) is 3.60. The van der Waals surface area contributed by atoms with Crippen LogP contribution in [0.5, 0.6) is 5.75 Å². The third kappa shape index (κ3) is 3.61. The zero-order valence-electron chi connectivity index (χ0n) is 11.6. The molecule has 0 aliphatic heterocycles. The summed E-state index contributed by atoms with van der Waals surface area (Å²) in [4.78, 5) is 11.9. The number of esters is 1. The average molecular weight is 289 g/mol. The minimum absolute atomic E-state index is 0.377. The van der Waals surface area contributed by atoms with Gasteiger partial charge in [0.05, 0.1) is 5.56 Å². The van der Waals surface area contributed by atoms with Crippen molar-refractivity contribution in [1.82, 2.24) is 0 Å². The molecule has 2 rings (SSSR count). The van der Waals surface area contributed by atoms with Crippen LogP contribution in [0, 0.1) is 0 Å². The molecule has 1 atom stereocenters. The summed E-state index contributed by atoms with van der Waals surface area (Å²) in [5, 5.41) is 0.597. The maximum atomic E-state index is 11.9. The van der Waals surface area contributed by atoms with E-state index in [1.807, 2.05) is 24.3 Å². The molecule has 20 heavy (non-hydrogen) atoms. The third-order valence-electron chi connectivity index (χ3n) is 3.35. The molecule has 0 aromatic heterocycles. The van der Waals surface area contributed by atoms with Gasteiger partial charge in [-0.3, -0.25) is 0 Å². The van der Waals surface area contributed by atoms with Gasteiger partial charge in [0.25, 0.3) is 0 Å². The molecule has 0 spiro atoms. The molecule has 0 saturated carbocycles. The quantitative estimate of drug-likeness (QED) is 0.580. The molecule has 2 aromatic carbocycles. The highest BCUT2D eigenvalue weighted by Gasteiger charge is 2.09. The standard InChI is InChI=1S/C17H17ClO2/c1-3-12(2)13-6-10-16(11-7-13)20-17(19)14-4-8-15(18)9-5-14/h4-12H,3H2,1-2H3. The van der Waals surface area contributed by atoms with E-state index in [1.54, 1.807) is 24.3 Å². The number of hydrogen-bond donors (Lipinski definition) is 0. The van der Waals surface area contributed by atoms with Gasteiger partial charge >= 0.3 is 5.97 Å². The molecule has 0 aliphatic rings. The second-order valence-electron chi connectivity index (χ2n) is 4.77. The number of carbonyl (C=O) groups excluding carboxylic acids is 1. The van der Waals surface area contributed by atoms with Gasteiger partial charge in [-0.15, -0.1) is 0 Å². The first kappa shape index (κ1) is 14.6. The summed E-state index contributed by atoms with van der Waals surface area (Å²) >= 11 is 5.79. The molecule has 0 heterocycles. The number of halogens is 1. The lowest BCUT2D eigenvalue weighted by Crippen LogP contribution is -2.08. The van der Waals surface area contributed by atoms with Gasteiger partial charge in [0.1, 0.15) is 5.75 Å². The number of ether oxygens (including phenoxy) is 1. The van der Waals surface area contributed by atoms with Gasteiger partial charge in [0.2, 0.25) is 0 Å². The summed E-state index contributed by atoms with van der Waals surface area (Å²) in [6.45, 7) is 4.33. The van der Waals surface area contributed by atoms with Gasteiger partial charge in [0.15, 0.2) is 0 Å². The SMILES string of the molecule is CCC(C)c1ccc(OC(=O)c2ccc(Cl)cc2)cc1. The Morgan fingerprint density at radius 3 is 2.25 bits per heavy atom. The van der Waals surface area contributed by atoms with Gasteiger partial charge in [-0.1, -0.05) is 37.6 Å². The topological polar surface area (TPSA) is 26.3 Å². The van der Waals surface area contributed by atoms with E-state index in [-0.39, 0.29) is 5.97 Å². The Hall–Kier alpha value is -1.80. The van der Waals surface area contributed by atoms with E-state index >= 15 is 0 Å². The number of carbonyl (C=O) groups is 1. The molecule has 1 unspecified atom stereocenters. The summed E-state index contributed by atoms with van der Waals surface area (Å²) in [5.41, 5.74) is 1.74. The van der Waals surface area contributed by atoms with Crippen molar-refractivity contribution in [2.75, 3.05) is 0 Å². The molecule has 0 radical (unpaired) electrons. The summed E-state index contributed by atoms with van der Waals surface area (Å²) in [7, 11) is 0. The largest absolute Gasteiger partial charge is 0.423 e. The Morgan fingerprint density at radius 1 is 1.10 bits per heavy atom. The lowest BCUT2D eigenvalue weighted by atomic mass is 9.99. The smallest absolute Gasteiger partial charge is 0.343 e. The summed E-state index contributed by atoms with van der Waals surface area (Å²) < 4.78 is 5.33. The first-order chi connectivity index (χ1) is 9.60. The maximum Gasteiger partial charge on any atom is 0.343 e. The molecule has 0 N–H and O–H groups in total. The Labute approximate surface area is 124 Å². The van der Waals surface area contributed by atoms with Crippen LogP contribution in [0.1, 0.15) is 42.1 Å². The van der Waals surface area contributed by atoms with Crippen molar-refractivity contribution in [2.45, 2.75) is 26.2 Å². The average Bonchev–Trinajstić information content (AvgIpc) is 2.48. The van der Waals surface area contributed by atoms with E-state index in [0.29, 0.717) is 22.3 Å². The Balaban J connectivity index is 2.06.